The fourth-order valence-corrected chi connectivity index (χ4v) is 3.49. The second kappa shape index (κ2) is 8.32. The molecule has 5 heteroatoms. The molecule has 5 nitrogen and oxygen atoms in total. The highest BCUT2D eigenvalue weighted by Gasteiger charge is 2.29. The summed E-state index contributed by atoms with van der Waals surface area (Å²) in [6, 6.07) is 12.0. The lowest BCUT2D eigenvalue weighted by Gasteiger charge is -2.16. The molecule has 3 rings (SSSR count). The Bertz CT molecular complexity index is 813. The number of hydrogen-bond acceptors (Lipinski definition) is 4. The third kappa shape index (κ3) is 4.22. The molecule has 0 bridgehead atoms. The lowest BCUT2D eigenvalue weighted by molar-refractivity contribution is 0.0776. The molecule has 1 amide bonds. The number of carbonyl (C=O) groups is 1. The van der Waals surface area contributed by atoms with Gasteiger partial charge in [0.2, 0.25) is 0 Å². The first-order valence-electron chi connectivity index (χ1n) is 9.16. The summed E-state index contributed by atoms with van der Waals surface area (Å²) in [4.78, 5) is 26.7. The Morgan fingerprint density at radius 1 is 1.27 bits per heavy atom. The first kappa shape index (κ1) is 18.4. The topological polar surface area (TPSA) is 70.8 Å². The molecule has 1 unspecified atom stereocenters. The van der Waals surface area contributed by atoms with Crippen LogP contribution in [0.15, 0.2) is 45.6 Å². The molecule has 1 aliphatic rings. The second-order valence-corrected chi connectivity index (χ2v) is 6.99. The molecule has 1 fully saturated rings. The van der Waals surface area contributed by atoms with Crippen LogP contribution in [0.2, 0.25) is 0 Å². The summed E-state index contributed by atoms with van der Waals surface area (Å²) >= 11 is 0. The Morgan fingerprint density at radius 2 is 2.04 bits per heavy atom. The molecule has 0 saturated carbocycles. The molecule has 2 aromatic rings. The zero-order valence-electron chi connectivity index (χ0n) is 15.1. The van der Waals surface area contributed by atoms with Gasteiger partial charge in [-0.15, -0.1) is 0 Å². The quantitative estimate of drug-likeness (QED) is 0.865. The monoisotopic (exact) mass is 355 g/mol. The summed E-state index contributed by atoms with van der Waals surface area (Å²) in [5, 5.41) is 9.23. The van der Waals surface area contributed by atoms with Crippen molar-refractivity contribution in [1.29, 1.82) is 0 Å². The average Bonchev–Trinajstić information content (AvgIpc) is 3.11. The Balaban J connectivity index is 1.66. The van der Waals surface area contributed by atoms with Gasteiger partial charge >= 0.3 is 5.63 Å². The largest absolute Gasteiger partial charge is 0.427 e. The van der Waals surface area contributed by atoms with Crippen molar-refractivity contribution in [2.45, 2.75) is 32.6 Å². The molecule has 138 valence electrons. The lowest BCUT2D eigenvalue weighted by Crippen LogP contribution is -2.33. The zero-order chi connectivity index (χ0) is 18.5. The molecular formula is C21H25NO4. The highest BCUT2D eigenvalue weighted by atomic mass is 16.4. The summed E-state index contributed by atoms with van der Waals surface area (Å²) in [5.74, 6) is 0.432. The van der Waals surface area contributed by atoms with Crippen molar-refractivity contribution < 1.29 is 14.3 Å². The molecular weight excluding hydrogens is 330 g/mol. The predicted octanol–water partition coefficient (Wildman–Crippen LogP) is 2.58. The van der Waals surface area contributed by atoms with Gasteiger partial charge in [0.25, 0.3) is 5.91 Å². The standard InChI is InChI=1S/C21H25NO4/c1-15-12-18(9-5-8-16-6-3-2-4-7-16)26-21(25)19(15)20(24)22-11-10-17(13-22)14-23/h2-4,6-7,12,17,23H,5,8-11,13-14H2,1H3. The highest BCUT2D eigenvalue weighted by Crippen LogP contribution is 2.19. The summed E-state index contributed by atoms with van der Waals surface area (Å²) in [6.45, 7) is 2.91. The third-order valence-corrected chi connectivity index (χ3v) is 4.98. The second-order valence-electron chi connectivity index (χ2n) is 6.99. The number of aliphatic hydroxyl groups excluding tert-OH is 1. The van der Waals surface area contributed by atoms with Gasteiger partial charge in [-0.05, 0) is 43.4 Å². The number of likely N-dealkylation sites (tertiary alicyclic amines) is 1. The van der Waals surface area contributed by atoms with Crippen molar-refractivity contribution in [1.82, 2.24) is 4.90 Å². The Morgan fingerprint density at radius 3 is 2.69 bits per heavy atom. The molecule has 1 aromatic carbocycles. The molecule has 2 heterocycles. The van der Waals surface area contributed by atoms with Crippen molar-refractivity contribution in [3.05, 3.63) is 69.3 Å². The number of rotatable bonds is 6. The van der Waals surface area contributed by atoms with Gasteiger partial charge in [0.05, 0.1) is 0 Å². The van der Waals surface area contributed by atoms with Crippen LogP contribution in [-0.4, -0.2) is 35.6 Å². The minimum Gasteiger partial charge on any atom is -0.427 e. The molecule has 1 aromatic heterocycles. The maximum atomic E-state index is 12.6. The van der Waals surface area contributed by atoms with Crippen molar-refractivity contribution in [2.75, 3.05) is 19.7 Å². The zero-order valence-corrected chi connectivity index (χ0v) is 15.1. The first-order valence-corrected chi connectivity index (χ1v) is 9.16. The van der Waals surface area contributed by atoms with E-state index in [-0.39, 0.29) is 24.0 Å². The Hall–Kier alpha value is -2.40. The molecule has 26 heavy (non-hydrogen) atoms. The van der Waals surface area contributed by atoms with E-state index in [4.69, 9.17) is 4.42 Å². The van der Waals surface area contributed by atoms with Gasteiger partial charge in [0, 0.05) is 32.0 Å². The van der Waals surface area contributed by atoms with Gasteiger partial charge in [0.15, 0.2) is 0 Å². The molecule has 1 aliphatic heterocycles. The first-order chi connectivity index (χ1) is 12.6. The van der Waals surface area contributed by atoms with E-state index in [0.717, 1.165) is 19.3 Å². The van der Waals surface area contributed by atoms with Crippen LogP contribution in [-0.2, 0) is 12.8 Å². The summed E-state index contributed by atoms with van der Waals surface area (Å²) in [5.41, 5.74) is 1.48. The van der Waals surface area contributed by atoms with Crippen LogP contribution in [0.4, 0.5) is 0 Å². The Kier molecular flexibility index (Phi) is 5.89. The van der Waals surface area contributed by atoms with Crippen molar-refractivity contribution in [2.24, 2.45) is 5.92 Å². The van der Waals surface area contributed by atoms with E-state index in [1.807, 2.05) is 18.2 Å². The van der Waals surface area contributed by atoms with Gasteiger partial charge < -0.3 is 14.4 Å². The molecule has 1 N–H and O–H groups in total. The van der Waals surface area contributed by atoms with Gasteiger partial charge in [-0.2, -0.15) is 0 Å². The van der Waals surface area contributed by atoms with E-state index in [0.29, 0.717) is 30.8 Å². The maximum Gasteiger partial charge on any atom is 0.349 e. The number of aliphatic hydroxyl groups is 1. The van der Waals surface area contributed by atoms with Gasteiger partial charge in [0.1, 0.15) is 11.3 Å². The lowest BCUT2D eigenvalue weighted by atomic mass is 10.1. The van der Waals surface area contributed by atoms with Crippen molar-refractivity contribution >= 4 is 5.91 Å². The predicted molar refractivity (Wildman–Crippen MR) is 99.3 cm³/mol. The van der Waals surface area contributed by atoms with Crippen LogP contribution < -0.4 is 5.63 Å². The van der Waals surface area contributed by atoms with Crippen LogP contribution in [0.5, 0.6) is 0 Å². The van der Waals surface area contributed by atoms with Crippen LogP contribution in [0.3, 0.4) is 0 Å². The fourth-order valence-electron chi connectivity index (χ4n) is 3.49. The van der Waals surface area contributed by atoms with Crippen LogP contribution in [0, 0.1) is 12.8 Å². The SMILES string of the molecule is Cc1cc(CCCc2ccccc2)oc(=O)c1C(=O)N1CCC(CO)C1. The van der Waals surface area contributed by atoms with Gasteiger partial charge in [-0.3, -0.25) is 4.79 Å². The van der Waals surface area contributed by atoms with E-state index < -0.39 is 5.63 Å². The molecule has 1 saturated heterocycles. The molecule has 1 atom stereocenters. The summed E-state index contributed by atoms with van der Waals surface area (Å²) in [6.07, 6.45) is 3.23. The number of aryl methyl sites for hydroxylation is 3. The minimum atomic E-state index is -0.558. The number of amides is 1. The van der Waals surface area contributed by atoms with Crippen LogP contribution in [0.1, 0.15) is 40.1 Å². The van der Waals surface area contributed by atoms with E-state index in [9.17, 15) is 14.7 Å². The Labute approximate surface area is 153 Å². The summed E-state index contributed by atoms with van der Waals surface area (Å²) < 4.78 is 5.41. The minimum absolute atomic E-state index is 0.0672. The summed E-state index contributed by atoms with van der Waals surface area (Å²) in [7, 11) is 0. The normalized spacial score (nSPS) is 16.8. The molecule has 0 spiro atoms. The molecule has 0 radical (unpaired) electrons. The van der Waals surface area contributed by atoms with E-state index in [1.54, 1.807) is 17.9 Å². The average molecular weight is 355 g/mol. The third-order valence-electron chi connectivity index (χ3n) is 4.98. The van der Waals surface area contributed by atoms with Crippen LogP contribution in [0.25, 0.3) is 0 Å². The number of nitrogens with zero attached hydrogens (tertiary/aromatic N) is 1. The van der Waals surface area contributed by atoms with Crippen molar-refractivity contribution in [3.63, 3.8) is 0 Å². The van der Waals surface area contributed by atoms with Gasteiger partial charge in [-0.1, -0.05) is 30.3 Å². The van der Waals surface area contributed by atoms with E-state index >= 15 is 0 Å². The van der Waals surface area contributed by atoms with Crippen LogP contribution >= 0.6 is 0 Å². The number of hydrogen-bond donors (Lipinski definition) is 1. The molecule has 0 aliphatic carbocycles. The van der Waals surface area contributed by atoms with E-state index in [2.05, 4.69) is 12.1 Å². The fraction of sp³-hybridized carbons (Fsp3) is 0.429. The number of benzene rings is 1. The van der Waals surface area contributed by atoms with Crippen molar-refractivity contribution in [3.8, 4) is 0 Å². The highest BCUT2D eigenvalue weighted by molar-refractivity contribution is 5.95. The van der Waals surface area contributed by atoms with Gasteiger partial charge in [-0.25, -0.2) is 4.79 Å². The van der Waals surface area contributed by atoms with E-state index in [1.165, 1.54) is 5.56 Å². The number of carbonyl (C=O) groups excluding carboxylic acids is 1. The maximum absolute atomic E-state index is 12.6. The smallest absolute Gasteiger partial charge is 0.349 e.